The second kappa shape index (κ2) is 6.10. The summed E-state index contributed by atoms with van der Waals surface area (Å²) < 4.78 is 0. The van der Waals surface area contributed by atoms with Gasteiger partial charge in [0, 0.05) is 0 Å². The topological polar surface area (TPSA) is 75.3 Å². The minimum Gasteiger partial charge on any atom is -0.478 e. The van der Waals surface area contributed by atoms with Crippen molar-refractivity contribution in [2.75, 3.05) is 11.1 Å². The van der Waals surface area contributed by atoms with Gasteiger partial charge in [0.05, 0.1) is 23.0 Å². The molecule has 4 heteroatoms. The molecule has 0 heterocycles. The molecule has 0 aliphatic heterocycles. The van der Waals surface area contributed by atoms with Gasteiger partial charge in [0.2, 0.25) is 0 Å². The van der Waals surface area contributed by atoms with Crippen molar-refractivity contribution in [1.29, 1.82) is 0 Å². The fourth-order valence-corrected chi connectivity index (χ4v) is 2.12. The van der Waals surface area contributed by atoms with Crippen LogP contribution in [0.25, 0.3) is 0 Å². The van der Waals surface area contributed by atoms with Gasteiger partial charge in [-0.3, -0.25) is 0 Å². The highest BCUT2D eigenvalue weighted by Gasteiger charge is 2.11. The normalized spacial score (nSPS) is 11.8. The molecule has 0 saturated heterocycles. The number of carboxylic acid groups (broad SMARTS) is 1. The second-order valence-electron chi connectivity index (χ2n) is 4.62. The van der Waals surface area contributed by atoms with E-state index in [2.05, 4.69) is 24.4 Å². The molecule has 4 nitrogen and oxygen atoms in total. The van der Waals surface area contributed by atoms with E-state index in [4.69, 9.17) is 10.8 Å². The van der Waals surface area contributed by atoms with Crippen LogP contribution in [0.3, 0.4) is 0 Å². The molecular formula is C16H18N2O2. The lowest BCUT2D eigenvalue weighted by Gasteiger charge is -2.20. The maximum Gasteiger partial charge on any atom is 0.335 e. The van der Waals surface area contributed by atoms with E-state index in [0.29, 0.717) is 5.69 Å². The van der Waals surface area contributed by atoms with Gasteiger partial charge in [0.15, 0.2) is 0 Å². The van der Waals surface area contributed by atoms with Crippen molar-refractivity contribution < 1.29 is 9.90 Å². The summed E-state index contributed by atoms with van der Waals surface area (Å²) in [5.74, 6) is -0.974. The summed E-state index contributed by atoms with van der Waals surface area (Å²) in [4.78, 5) is 10.9. The molecule has 0 aromatic heterocycles. The first-order valence-electron chi connectivity index (χ1n) is 6.56. The molecule has 2 rings (SSSR count). The second-order valence-corrected chi connectivity index (χ2v) is 4.62. The molecule has 4 N–H and O–H groups in total. The van der Waals surface area contributed by atoms with E-state index < -0.39 is 5.97 Å². The van der Waals surface area contributed by atoms with Gasteiger partial charge >= 0.3 is 5.97 Å². The fraction of sp³-hybridized carbons (Fsp3) is 0.188. The maximum atomic E-state index is 10.9. The van der Waals surface area contributed by atoms with Crippen LogP contribution < -0.4 is 11.1 Å². The molecule has 20 heavy (non-hydrogen) atoms. The Hall–Kier alpha value is -2.49. The third-order valence-electron chi connectivity index (χ3n) is 3.24. The van der Waals surface area contributed by atoms with Crippen LogP contribution in [0, 0.1) is 0 Å². The standard InChI is InChI=1S/C16H18N2O2/c1-2-14(11-6-4-3-5-7-11)18-15-9-8-12(16(19)20)10-13(15)17/h3-10,14,18H,2,17H2,1H3,(H,19,20). The van der Waals surface area contributed by atoms with Gasteiger partial charge in [-0.25, -0.2) is 4.79 Å². The predicted molar refractivity (Wildman–Crippen MR) is 80.9 cm³/mol. The lowest BCUT2D eigenvalue weighted by Crippen LogP contribution is -2.11. The van der Waals surface area contributed by atoms with E-state index >= 15 is 0 Å². The van der Waals surface area contributed by atoms with Crippen LogP contribution in [0.5, 0.6) is 0 Å². The summed E-state index contributed by atoms with van der Waals surface area (Å²) in [5.41, 5.74) is 8.49. The van der Waals surface area contributed by atoms with E-state index in [-0.39, 0.29) is 11.6 Å². The number of nitrogen functional groups attached to an aromatic ring is 1. The van der Waals surface area contributed by atoms with Crippen LogP contribution in [-0.4, -0.2) is 11.1 Å². The van der Waals surface area contributed by atoms with E-state index in [1.54, 1.807) is 12.1 Å². The van der Waals surface area contributed by atoms with Gasteiger partial charge in [0.25, 0.3) is 0 Å². The van der Waals surface area contributed by atoms with Crippen LogP contribution in [0.4, 0.5) is 11.4 Å². The Bertz CT molecular complexity index is 597. The monoisotopic (exact) mass is 270 g/mol. The number of carboxylic acids is 1. The van der Waals surface area contributed by atoms with Crippen LogP contribution in [0.15, 0.2) is 48.5 Å². The highest BCUT2D eigenvalue weighted by Crippen LogP contribution is 2.27. The molecular weight excluding hydrogens is 252 g/mol. The van der Waals surface area contributed by atoms with Crippen LogP contribution in [0.2, 0.25) is 0 Å². The molecule has 2 aromatic rings. The highest BCUT2D eigenvalue weighted by molar-refractivity contribution is 5.90. The average Bonchev–Trinajstić information content (AvgIpc) is 2.46. The van der Waals surface area contributed by atoms with E-state index in [9.17, 15) is 4.79 Å². The maximum absolute atomic E-state index is 10.9. The minimum absolute atomic E-state index is 0.147. The Labute approximate surface area is 118 Å². The SMILES string of the molecule is CCC(Nc1ccc(C(=O)O)cc1N)c1ccccc1. The van der Waals surface area contributed by atoms with Gasteiger partial charge in [0.1, 0.15) is 0 Å². The quantitative estimate of drug-likeness (QED) is 0.726. The third-order valence-corrected chi connectivity index (χ3v) is 3.24. The Kier molecular flexibility index (Phi) is 4.25. The molecule has 0 aliphatic rings. The van der Waals surface area contributed by atoms with Crippen molar-refractivity contribution in [3.63, 3.8) is 0 Å². The number of hydrogen-bond acceptors (Lipinski definition) is 3. The highest BCUT2D eigenvalue weighted by atomic mass is 16.4. The number of nitrogens with one attached hydrogen (secondary N) is 1. The number of nitrogens with two attached hydrogens (primary N) is 1. The Balaban J connectivity index is 2.22. The van der Waals surface area contributed by atoms with E-state index in [0.717, 1.165) is 12.1 Å². The molecule has 2 aromatic carbocycles. The van der Waals surface area contributed by atoms with Crippen molar-refractivity contribution >= 4 is 17.3 Å². The summed E-state index contributed by atoms with van der Waals surface area (Å²) in [6, 6.07) is 15.0. The van der Waals surface area contributed by atoms with Crippen molar-refractivity contribution in [2.24, 2.45) is 0 Å². The molecule has 0 aliphatic carbocycles. The summed E-state index contributed by atoms with van der Waals surface area (Å²) in [7, 11) is 0. The van der Waals surface area contributed by atoms with E-state index in [1.807, 2.05) is 18.2 Å². The van der Waals surface area contributed by atoms with Crippen LogP contribution in [0.1, 0.15) is 35.3 Å². The molecule has 0 radical (unpaired) electrons. The Morgan fingerprint density at radius 3 is 2.50 bits per heavy atom. The average molecular weight is 270 g/mol. The Morgan fingerprint density at radius 1 is 1.25 bits per heavy atom. The molecule has 1 unspecified atom stereocenters. The number of rotatable bonds is 5. The number of hydrogen-bond donors (Lipinski definition) is 3. The third kappa shape index (κ3) is 3.09. The summed E-state index contributed by atoms with van der Waals surface area (Å²) in [5, 5.41) is 12.3. The van der Waals surface area contributed by atoms with Crippen LogP contribution in [-0.2, 0) is 0 Å². The molecule has 1 atom stereocenters. The number of benzene rings is 2. The minimum atomic E-state index is -0.974. The molecule has 0 amide bonds. The van der Waals surface area contributed by atoms with Crippen molar-refractivity contribution in [2.45, 2.75) is 19.4 Å². The predicted octanol–water partition coefficient (Wildman–Crippen LogP) is 3.53. The first-order valence-corrected chi connectivity index (χ1v) is 6.56. The smallest absolute Gasteiger partial charge is 0.335 e. The van der Waals surface area contributed by atoms with Gasteiger partial charge in [-0.05, 0) is 30.2 Å². The van der Waals surface area contributed by atoms with Gasteiger partial charge < -0.3 is 16.2 Å². The summed E-state index contributed by atoms with van der Waals surface area (Å²) in [6.07, 6.45) is 0.907. The Morgan fingerprint density at radius 2 is 1.95 bits per heavy atom. The zero-order valence-corrected chi connectivity index (χ0v) is 11.3. The van der Waals surface area contributed by atoms with Crippen molar-refractivity contribution in [3.05, 3.63) is 59.7 Å². The first-order chi connectivity index (χ1) is 9.61. The molecule has 104 valence electrons. The molecule has 0 fully saturated rings. The van der Waals surface area contributed by atoms with Gasteiger partial charge in [-0.2, -0.15) is 0 Å². The molecule has 0 spiro atoms. The lowest BCUT2D eigenvalue weighted by molar-refractivity contribution is 0.0697. The first kappa shape index (κ1) is 13.9. The summed E-state index contributed by atoms with van der Waals surface area (Å²) >= 11 is 0. The van der Waals surface area contributed by atoms with Gasteiger partial charge in [-0.1, -0.05) is 37.3 Å². The van der Waals surface area contributed by atoms with Crippen molar-refractivity contribution in [3.8, 4) is 0 Å². The molecule has 0 saturated carbocycles. The van der Waals surface area contributed by atoms with Crippen molar-refractivity contribution in [1.82, 2.24) is 0 Å². The van der Waals surface area contributed by atoms with E-state index in [1.165, 1.54) is 11.6 Å². The van der Waals surface area contributed by atoms with Crippen LogP contribution >= 0.6 is 0 Å². The summed E-state index contributed by atoms with van der Waals surface area (Å²) in [6.45, 7) is 2.09. The number of aromatic carboxylic acids is 1. The van der Waals surface area contributed by atoms with Gasteiger partial charge in [-0.15, -0.1) is 0 Å². The number of carbonyl (C=O) groups is 1. The number of anilines is 2. The fourth-order valence-electron chi connectivity index (χ4n) is 2.12. The lowest BCUT2D eigenvalue weighted by atomic mass is 10.0. The zero-order chi connectivity index (χ0) is 14.5. The zero-order valence-electron chi connectivity index (χ0n) is 11.3. The largest absolute Gasteiger partial charge is 0.478 e. The molecule has 0 bridgehead atoms.